The van der Waals surface area contributed by atoms with Crippen LogP contribution in [0, 0.1) is 5.41 Å². The summed E-state index contributed by atoms with van der Waals surface area (Å²) in [5, 5.41) is 6.23. The van der Waals surface area contributed by atoms with E-state index in [4.69, 9.17) is 5.41 Å². The number of hydrogen-bond donors (Lipinski definition) is 1. The predicted octanol–water partition coefficient (Wildman–Crippen LogP) is 0.977. The molecule has 0 unspecified atom stereocenters. The Morgan fingerprint density at radius 1 is 1.80 bits per heavy atom. The molecular weight excluding hydrogens is 62.1 g/mol. The third kappa shape index (κ3) is 3.19. The highest BCUT2D eigenvalue weighted by atomic mass is 14.3. The molecule has 0 radical (unpaired) electrons. The number of hydrogen-bond acceptors (Lipinski definition) is 1. The van der Waals surface area contributed by atoms with E-state index in [1.807, 2.05) is 5.87 Å². The summed E-state index contributed by atoms with van der Waals surface area (Å²) in [5.74, 6) is 2.02. The molecule has 0 atom stereocenters. The minimum atomic E-state index is 1.43. The first kappa shape index (κ1) is 4.19. The molecule has 0 aliphatic carbocycles. The lowest BCUT2D eigenvalue weighted by molar-refractivity contribution is 1.59. The van der Waals surface area contributed by atoms with E-state index < -0.39 is 0 Å². The highest BCUT2D eigenvalue weighted by Gasteiger charge is 1.37. The van der Waals surface area contributed by atoms with Crippen LogP contribution in [0.3, 0.4) is 0 Å². The highest BCUT2D eigenvalue weighted by molar-refractivity contribution is 5.50. The van der Waals surface area contributed by atoms with Gasteiger partial charge in [0.1, 0.15) is 0 Å². The molecule has 0 saturated heterocycles. The molecule has 5 heavy (non-hydrogen) atoms. The Labute approximate surface area is 31.1 Å². The molecule has 0 amide bonds. The Hall–Kier alpha value is -0.810. The maximum absolute atomic E-state index is 6.23. The van der Waals surface area contributed by atoms with Crippen molar-refractivity contribution in [3.05, 3.63) is 18.7 Å². The topological polar surface area (TPSA) is 23.9 Å². The van der Waals surface area contributed by atoms with E-state index in [9.17, 15) is 0 Å². The lowest BCUT2D eigenvalue weighted by Crippen LogP contribution is -1.36. The zero-order valence-electron chi connectivity index (χ0n) is 2.86. The van der Waals surface area contributed by atoms with E-state index in [1.165, 1.54) is 12.2 Å². The Morgan fingerprint density at radius 2 is 2.40 bits per heavy atom. The van der Waals surface area contributed by atoms with Gasteiger partial charge in [-0.15, -0.1) is 0 Å². The number of nitrogens with one attached hydrogen (secondary N) is 1. The van der Waals surface area contributed by atoms with Crippen LogP contribution >= 0.6 is 0 Å². The molecule has 1 N–H and O–H groups in total. The summed E-state index contributed by atoms with van der Waals surface area (Å²) in [6, 6.07) is 0. The molecule has 0 aliphatic heterocycles. The lowest BCUT2D eigenvalue weighted by atomic mass is 10.6. The molecule has 0 aromatic rings. The van der Waals surface area contributed by atoms with Gasteiger partial charge in [0.25, 0.3) is 0 Å². The molecule has 0 aliphatic rings. The molecule has 0 saturated carbocycles. The summed E-state index contributed by atoms with van der Waals surface area (Å²) >= 11 is 0. The molecular formula is C4H5N. The Kier molecular flexibility index (Phi) is 2.67. The van der Waals surface area contributed by atoms with Crippen LogP contribution < -0.4 is 0 Å². The molecule has 1 heteroatoms. The molecule has 26 valence electrons. The fourth-order valence-corrected chi connectivity index (χ4v) is 0.0589. The van der Waals surface area contributed by atoms with Crippen LogP contribution in [0.2, 0.25) is 0 Å². The predicted molar refractivity (Wildman–Crippen MR) is 22.5 cm³/mol. The molecule has 1 nitrogen and oxygen atoms in total. The van der Waals surface area contributed by atoms with Crippen LogP contribution in [0.1, 0.15) is 0 Å². The minimum Gasteiger partial charge on any atom is -0.259 e. The van der Waals surface area contributed by atoms with E-state index in [-0.39, 0.29) is 0 Å². The first-order chi connectivity index (χ1) is 2.41. The van der Waals surface area contributed by atoms with Gasteiger partial charge >= 0.3 is 0 Å². The van der Waals surface area contributed by atoms with Gasteiger partial charge < -0.3 is 0 Å². The fourth-order valence-electron chi connectivity index (χ4n) is 0.0589. The van der Waals surface area contributed by atoms with Crippen molar-refractivity contribution in [1.82, 2.24) is 0 Å². The van der Waals surface area contributed by atoms with Gasteiger partial charge in [0.15, 0.2) is 0 Å². The maximum atomic E-state index is 6.23. The number of rotatable bonds is 1. The van der Waals surface area contributed by atoms with Crippen molar-refractivity contribution >= 4 is 5.87 Å². The van der Waals surface area contributed by atoms with Crippen LogP contribution in [0.25, 0.3) is 0 Å². The van der Waals surface area contributed by atoms with Crippen molar-refractivity contribution in [3.8, 4) is 0 Å². The highest BCUT2D eigenvalue weighted by Crippen LogP contribution is 1.51. The van der Waals surface area contributed by atoms with E-state index in [0.29, 0.717) is 0 Å². The average Bonchev–Trinajstić information content (AvgIpc) is 1.41. The van der Waals surface area contributed by atoms with Gasteiger partial charge in [-0.05, 0) is 11.9 Å². The van der Waals surface area contributed by atoms with Gasteiger partial charge in [-0.25, -0.2) is 0 Å². The van der Waals surface area contributed by atoms with E-state index >= 15 is 0 Å². The summed E-state index contributed by atoms with van der Waals surface area (Å²) in [4.78, 5) is 0. The summed E-state index contributed by atoms with van der Waals surface area (Å²) in [6.45, 7) is 3.31. The van der Waals surface area contributed by atoms with Crippen LogP contribution in [0.4, 0.5) is 0 Å². The second kappa shape index (κ2) is 3.19. The molecule has 0 rings (SSSR count). The van der Waals surface area contributed by atoms with Crippen LogP contribution in [0.5, 0.6) is 0 Å². The summed E-state index contributed by atoms with van der Waals surface area (Å²) in [5.41, 5.74) is 0. The summed E-state index contributed by atoms with van der Waals surface area (Å²) < 4.78 is 0. The largest absolute Gasteiger partial charge is 0.259 e. The first-order valence-electron chi connectivity index (χ1n) is 1.28. The Balaban J connectivity index is 3.31. The monoisotopic (exact) mass is 67.0 g/mol. The van der Waals surface area contributed by atoms with Crippen molar-refractivity contribution in [2.24, 2.45) is 0 Å². The van der Waals surface area contributed by atoms with Crippen molar-refractivity contribution < 1.29 is 0 Å². The quantitative estimate of drug-likeness (QED) is 0.349. The second-order valence-corrected chi connectivity index (χ2v) is 0.547. The van der Waals surface area contributed by atoms with Gasteiger partial charge in [0, 0.05) is 0 Å². The van der Waals surface area contributed by atoms with Gasteiger partial charge in [-0.1, -0.05) is 12.7 Å². The van der Waals surface area contributed by atoms with Crippen molar-refractivity contribution in [2.45, 2.75) is 0 Å². The molecule has 0 aromatic carbocycles. The van der Waals surface area contributed by atoms with E-state index in [1.54, 1.807) is 0 Å². The second-order valence-electron chi connectivity index (χ2n) is 0.547. The number of allylic oxidation sites excluding steroid dienone is 2. The van der Waals surface area contributed by atoms with Crippen molar-refractivity contribution in [1.29, 1.82) is 5.41 Å². The van der Waals surface area contributed by atoms with Crippen molar-refractivity contribution in [3.63, 3.8) is 0 Å². The zero-order valence-corrected chi connectivity index (χ0v) is 2.86. The van der Waals surface area contributed by atoms with Crippen LogP contribution in [0.15, 0.2) is 18.7 Å². The molecule has 0 bridgehead atoms. The summed E-state index contributed by atoms with van der Waals surface area (Å²) in [7, 11) is 0. The van der Waals surface area contributed by atoms with Crippen LogP contribution in [-0.4, -0.2) is 5.87 Å². The van der Waals surface area contributed by atoms with Gasteiger partial charge in [0.2, 0.25) is 0 Å². The maximum Gasteiger partial charge on any atom is -0.00161 e. The van der Waals surface area contributed by atoms with E-state index in [0.717, 1.165) is 0 Å². The molecule has 0 spiro atoms. The SMILES string of the molecule is C=CC=C=N. The average molecular weight is 67.1 g/mol. The van der Waals surface area contributed by atoms with Gasteiger partial charge in [0.05, 0.1) is 0 Å². The molecule has 0 fully saturated rings. The minimum absolute atomic E-state index is 1.43. The first-order valence-corrected chi connectivity index (χ1v) is 1.28. The van der Waals surface area contributed by atoms with Crippen molar-refractivity contribution in [2.75, 3.05) is 0 Å². The standard InChI is InChI=1S/C4H5N/c1-2-3-4-5/h2-3,5H,1H2. The smallest absolute Gasteiger partial charge is 0.00161 e. The fraction of sp³-hybridized carbons (Fsp3) is 0. The van der Waals surface area contributed by atoms with E-state index in [2.05, 4.69) is 6.58 Å². The normalized spacial score (nSPS) is 4.80. The Bertz CT molecular complexity index is 67.7. The summed E-state index contributed by atoms with van der Waals surface area (Å²) in [6.07, 6.45) is 2.94. The Morgan fingerprint density at radius 3 is 2.40 bits per heavy atom. The molecule has 0 aromatic heterocycles. The van der Waals surface area contributed by atoms with Gasteiger partial charge in [-0.3, -0.25) is 5.41 Å². The van der Waals surface area contributed by atoms with Crippen LogP contribution in [-0.2, 0) is 0 Å². The lowest BCUT2D eigenvalue weighted by Gasteiger charge is -1.46. The van der Waals surface area contributed by atoms with Gasteiger partial charge in [-0.2, -0.15) is 0 Å². The zero-order chi connectivity index (χ0) is 4.12. The molecule has 0 heterocycles. The third-order valence-electron chi connectivity index (χ3n) is 0.201. The third-order valence-corrected chi connectivity index (χ3v) is 0.201.